The van der Waals surface area contributed by atoms with Crippen LogP contribution in [0.4, 0.5) is 5.82 Å². The summed E-state index contributed by atoms with van der Waals surface area (Å²) in [4.78, 5) is 14.4. The van der Waals surface area contributed by atoms with E-state index >= 15 is 0 Å². The molecule has 0 aliphatic heterocycles. The van der Waals surface area contributed by atoms with Gasteiger partial charge in [0.25, 0.3) is 0 Å². The number of aromatic nitrogens is 1. The molecule has 0 saturated heterocycles. The lowest BCUT2D eigenvalue weighted by Gasteiger charge is -2.06. The summed E-state index contributed by atoms with van der Waals surface area (Å²) in [5, 5.41) is 8.75. The number of carboxylic acids is 1. The molecule has 0 fully saturated rings. The van der Waals surface area contributed by atoms with Crippen molar-refractivity contribution in [2.75, 3.05) is 12.3 Å². The Morgan fingerprint density at radius 3 is 3.00 bits per heavy atom. The van der Waals surface area contributed by atoms with E-state index in [-0.39, 0.29) is 17.1 Å². The van der Waals surface area contributed by atoms with E-state index in [2.05, 4.69) is 4.98 Å². The van der Waals surface area contributed by atoms with Crippen LogP contribution in [0, 0.1) is 0 Å². The first kappa shape index (κ1) is 9.31. The summed E-state index contributed by atoms with van der Waals surface area (Å²) >= 11 is 0. The average Bonchev–Trinajstić information content (AvgIpc) is 2.08. The maximum Gasteiger partial charge on any atom is 0.339 e. The number of carbonyl (C=O) groups is 1. The predicted octanol–water partition coefficient (Wildman–Crippen LogP) is 0.761. The lowest BCUT2D eigenvalue weighted by molar-refractivity contribution is 0.0692. The summed E-state index contributed by atoms with van der Waals surface area (Å²) < 4.78 is 5.05. The number of pyridine rings is 1. The molecule has 1 rings (SSSR count). The third-order valence-corrected chi connectivity index (χ3v) is 1.42. The molecule has 1 heterocycles. The van der Waals surface area contributed by atoms with Crippen LogP contribution in [0.25, 0.3) is 0 Å². The van der Waals surface area contributed by atoms with Crippen molar-refractivity contribution >= 4 is 11.8 Å². The molecule has 3 N–H and O–H groups in total. The third-order valence-electron chi connectivity index (χ3n) is 1.42. The molecule has 1 aromatic rings. The van der Waals surface area contributed by atoms with Crippen LogP contribution in [0.5, 0.6) is 5.75 Å². The van der Waals surface area contributed by atoms with E-state index < -0.39 is 5.97 Å². The van der Waals surface area contributed by atoms with Gasteiger partial charge in [-0.2, -0.15) is 0 Å². The standard InChI is InChI=1S/C8H10N2O3/c1-2-13-6-4-10-7(9)3-5(6)8(11)12/h3-4H,2H2,1H3,(H2,9,10)(H,11,12). The van der Waals surface area contributed by atoms with Crippen molar-refractivity contribution in [2.45, 2.75) is 6.92 Å². The maximum absolute atomic E-state index is 10.7. The summed E-state index contributed by atoms with van der Waals surface area (Å²) in [6.45, 7) is 2.16. The van der Waals surface area contributed by atoms with Gasteiger partial charge in [-0.25, -0.2) is 9.78 Å². The minimum atomic E-state index is -1.07. The van der Waals surface area contributed by atoms with Crippen LogP contribution in [0.3, 0.4) is 0 Å². The van der Waals surface area contributed by atoms with Gasteiger partial charge in [0, 0.05) is 0 Å². The van der Waals surface area contributed by atoms with Crippen molar-refractivity contribution in [3.8, 4) is 5.75 Å². The topological polar surface area (TPSA) is 85.4 Å². The van der Waals surface area contributed by atoms with E-state index in [1.165, 1.54) is 12.3 Å². The van der Waals surface area contributed by atoms with Crippen LogP contribution in [0.1, 0.15) is 17.3 Å². The number of aromatic carboxylic acids is 1. The molecule has 0 unspecified atom stereocenters. The highest BCUT2D eigenvalue weighted by Crippen LogP contribution is 2.18. The fourth-order valence-electron chi connectivity index (χ4n) is 0.897. The number of nitrogens with two attached hydrogens (primary N) is 1. The number of hydrogen-bond donors (Lipinski definition) is 2. The van der Waals surface area contributed by atoms with Crippen molar-refractivity contribution in [2.24, 2.45) is 0 Å². The smallest absolute Gasteiger partial charge is 0.339 e. The Hall–Kier alpha value is -1.78. The molecule has 0 amide bonds. The molecule has 0 aliphatic rings. The van der Waals surface area contributed by atoms with Crippen molar-refractivity contribution in [3.05, 3.63) is 17.8 Å². The molecule has 0 radical (unpaired) electrons. The van der Waals surface area contributed by atoms with Gasteiger partial charge < -0.3 is 15.6 Å². The lowest BCUT2D eigenvalue weighted by Crippen LogP contribution is -2.05. The average molecular weight is 182 g/mol. The Labute approximate surface area is 75.2 Å². The van der Waals surface area contributed by atoms with E-state index in [0.29, 0.717) is 6.61 Å². The highest BCUT2D eigenvalue weighted by Gasteiger charge is 2.11. The van der Waals surface area contributed by atoms with Crippen LogP contribution in [0.15, 0.2) is 12.3 Å². The number of ether oxygens (including phenoxy) is 1. The molecule has 0 spiro atoms. The Bertz CT molecular complexity index is 325. The van der Waals surface area contributed by atoms with E-state index in [1.54, 1.807) is 6.92 Å². The van der Waals surface area contributed by atoms with Gasteiger partial charge in [-0.1, -0.05) is 0 Å². The Morgan fingerprint density at radius 1 is 1.77 bits per heavy atom. The van der Waals surface area contributed by atoms with Gasteiger partial charge in [-0.3, -0.25) is 0 Å². The molecule has 0 atom stereocenters. The highest BCUT2D eigenvalue weighted by atomic mass is 16.5. The zero-order chi connectivity index (χ0) is 9.84. The summed E-state index contributed by atoms with van der Waals surface area (Å²) in [6, 6.07) is 1.27. The first-order valence-electron chi connectivity index (χ1n) is 3.76. The van der Waals surface area contributed by atoms with Crippen LogP contribution in [-0.4, -0.2) is 22.7 Å². The van der Waals surface area contributed by atoms with Crippen molar-refractivity contribution in [1.82, 2.24) is 4.98 Å². The molecule has 0 aromatic carbocycles. The van der Waals surface area contributed by atoms with Crippen molar-refractivity contribution in [1.29, 1.82) is 0 Å². The second kappa shape index (κ2) is 3.75. The molecular formula is C8H10N2O3. The summed E-state index contributed by atoms with van der Waals surface area (Å²) in [5.74, 6) is -0.664. The number of nitrogens with zero attached hydrogens (tertiary/aromatic N) is 1. The maximum atomic E-state index is 10.7. The highest BCUT2D eigenvalue weighted by molar-refractivity contribution is 5.91. The van der Waals surface area contributed by atoms with Crippen LogP contribution < -0.4 is 10.5 Å². The van der Waals surface area contributed by atoms with Crippen molar-refractivity contribution < 1.29 is 14.6 Å². The van der Waals surface area contributed by atoms with E-state index in [1.807, 2.05) is 0 Å². The Balaban J connectivity index is 3.10. The van der Waals surface area contributed by atoms with E-state index in [0.717, 1.165) is 0 Å². The number of carboxylic acid groups (broad SMARTS) is 1. The normalized spacial score (nSPS) is 9.62. The van der Waals surface area contributed by atoms with Crippen LogP contribution >= 0.6 is 0 Å². The fourth-order valence-corrected chi connectivity index (χ4v) is 0.897. The van der Waals surface area contributed by atoms with Gasteiger partial charge in [-0.05, 0) is 13.0 Å². The molecule has 0 saturated carbocycles. The zero-order valence-corrected chi connectivity index (χ0v) is 7.15. The fraction of sp³-hybridized carbons (Fsp3) is 0.250. The molecule has 0 bridgehead atoms. The van der Waals surface area contributed by atoms with Gasteiger partial charge >= 0.3 is 5.97 Å². The number of anilines is 1. The summed E-state index contributed by atoms with van der Waals surface area (Å²) in [5.41, 5.74) is 5.37. The largest absolute Gasteiger partial charge is 0.491 e. The van der Waals surface area contributed by atoms with Gasteiger partial charge in [0.1, 0.15) is 11.4 Å². The molecule has 1 aromatic heterocycles. The lowest BCUT2D eigenvalue weighted by atomic mass is 10.2. The Morgan fingerprint density at radius 2 is 2.46 bits per heavy atom. The minimum absolute atomic E-state index is 0.0364. The van der Waals surface area contributed by atoms with E-state index in [4.69, 9.17) is 15.6 Å². The molecule has 5 heteroatoms. The quantitative estimate of drug-likeness (QED) is 0.720. The Kier molecular flexibility index (Phi) is 2.69. The summed E-state index contributed by atoms with van der Waals surface area (Å²) in [7, 11) is 0. The second-order valence-electron chi connectivity index (χ2n) is 2.34. The first-order chi connectivity index (χ1) is 6.15. The van der Waals surface area contributed by atoms with Crippen LogP contribution in [0.2, 0.25) is 0 Å². The number of nitrogen functional groups attached to an aromatic ring is 1. The molecule has 0 aliphatic carbocycles. The van der Waals surface area contributed by atoms with Crippen molar-refractivity contribution in [3.63, 3.8) is 0 Å². The molecule has 13 heavy (non-hydrogen) atoms. The molecular weight excluding hydrogens is 172 g/mol. The first-order valence-corrected chi connectivity index (χ1v) is 3.76. The predicted molar refractivity (Wildman–Crippen MR) is 46.8 cm³/mol. The molecule has 70 valence electrons. The van der Waals surface area contributed by atoms with Gasteiger partial charge in [0.05, 0.1) is 12.8 Å². The monoisotopic (exact) mass is 182 g/mol. The summed E-state index contributed by atoms with van der Waals surface area (Å²) in [6.07, 6.45) is 1.31. The van der Waals surface area contributed by atoms with Gasteiger partial charge in [0.2, 0.25) is 0 Å². The minimum Gasteiger partial charge on any atom is -0.491 e. The SMILES string of the molecule is CCOc1cnc(N)cc1C(=O)O. The molecule has 5 nitrogen and oxygen atoms in total. The van der Waals surface area contributed by atoms with E-state index in [9.17, 15) is 4.79 Å². The van der Waals surface area contributed by atoms with Gasteiger partial charge in [-0.15, -0.1) is 0 Å². The number of hydrogen-bond acceptors (Lipinski definition) is 4. The second-order valence-corrected chi connectivity index (χ2v) is 2.34. The third kappa shape index (κ3) is 2.08. The zero-order valence-electron chi connectivity index (χ0n) is 7.15. The number of rotatable bonds is 3. The van der Waals surface area contributed by atoms with Crippen LogP contribution in [-0.2, 0) is 0 Å². The van der Waals surface area contributed by atoms with Gasteiger partial charge in [0.15, 0.2) is 5.75 Å².